The molecule has 1 fully saturated rings. The first-order valence-corrected chi connectivity index (χ1v) is 6.47. The van der Waals surface area contributed by atoms with Crippen molar-refractivity contribution in [3.8, 4) is 0 Å². The van der Waals surface area contributed by atoms with E-state index in [-0.39, 0.29) is 25.0 Å². The first-order chi connectivity index (χ1) is 9.11. The zero-order chi connectivity index (χ0) is 15.5. The third kappa shape index (κ3) is 5.26. The number of rotatable bonds is 6. The third-order valence-electron chi connectivity index (χ3n) is 3.02. The lowest BCUT2D eigenvalue weighted by Gasteiger charge is -2.33. The number of hydrogen-bond donors (Lipinski definition) is 1. The second-order valence-electron chi connectivity index (χ2n) is 5.19. The van der Waals surface area contributed by atoms with Crippen molar-refractivity contribution in [1.29, 1.82) is 0 Å². The van der Waals surface area contributed by atoms with E-state index < -0.39 is 24.7 Å². The highest BCUT2D eigenvalue weighted by Gasteiger charge is 2.42. The fourth-order valence-corrected chi connectivity index (χ4v) is 1.89. The van der Waals surface area contributed by atoms with Gasteiger partial charge in [0.25, 0.3) is 0 Å². The van der Waals surface area contributed by atoms with Gasteiger partial charge < -0.3 is 14.9 Å². The number of aliphatic carboxylic acids is 1. The predicted octanol–water partition coefficient (Wildman–Crippen LogP) is 2.32. The summed E-state index contributed by atoms with van der Waals surface area (Å²) >= 11 is 0. The van der Waals surface area contributed by atoms with E-state index in [0.29, 0.717) is 12.8 Å². The number of carboxylic acids is 1. The molecule has 0 bridgehead atoms. The topological polar surface area (TPSA) is 60.9 Å². The van der Waals surface area contributed by atoms with Crippen molar-refractivity contribution in [1.82, 2.24) is 9.80 Å². The van der Waals surface area contributed by atoms with Gasteiger partial charge in [-0.25, -0.2) is 4.79 Å². The van der Waals surface area contributed by atoms with Gasteiger partial charge in [-0.2, -0.15) is 13.2 Å². The van der Waals surface area contributed by atoms with Crippen LogP contribution >= 0.6 is 0 Å². The summed E-state index contributed by atoms with van der Waals surface area (Å²) in [5, 5.41) is 8.64. The maximum absolute atomic E-state index is 12.5. The van der Waals surface area contributed by atoms with Gasteiger partial charge in [-0.3, -0.25) is 4.79 Å². The zero-order valence-electron chi connectivity index (χ0n) is 11.5. The largest absolute Gasteiger partial charge is 0.481 e. The highest BCUT2D eigenvalue weighted by atomic mass is 19.4. The molecule has 1 aliphatic carbocycles. The van der Waals surface area contributed by atoms with Crippen molar-refractivity contribution in [3.05, 3.63) is 0 Å². The minimum atomic E-state index is -4.45. The van der Waals surface area contributed by atoms with Gasteiger partial charge in [-0.15, -0.1) is 0 Å². The number of hydrogen-bond acceptors (Lipinski definition) is 2. The Balaban J connectivity index is 2.76. The zero-order valence-corrected chi connectivity index (χ0v) is 11.5. The predicted molar refractivity (Wildman–Crippen MR) is 65.3 cm³/mol. The van der Waals surface area contributed by atoms with Crippen LogP contribution in [0.25, 0.3) is 0 Å². The van der Waals surface area contributed by atoms with Crippen molar-refractivity contribution in [2.75, 3.05) is 13.1 Å². The Morgan fingerprint density at radius 1 is 1.30 bits per heavy atom. The SMILES string of the molecule is CC(C)N(CCC(=O)O)C(=O)N(CC(F)(F)F)C1CC1. The first kappa shape index (κ1) is 16.6. The Morgan fingerprint density at radius 3 is 2.20 bits per heavy atom. The molecule has 0 spiro atoms. The Hall–Kier alpha value is -1.47. The van der Waals surface area contributed by atoms with Crippen LogP contribution in [0.2, 0.25) is 0 Å². The molecule has 8 heteroatoms. The van der Waals surface area contributed by atoms with E-state index in [1.807, 2.05) is 0 Å². The third-order valence-corrected chi connectivity index (χ3v) is 3.02. The molecule has 0 aromatic heterocycles. The number of alkyl halides is 3. The van der Waals surface area contributed by atoms with Crippen LogP contribution in [0.4, 0.5) is 18.0 Å². The van der Waals surface area contributed by atoms with Gasteiger partial charge >= 0.3 is 18.2 Å². The molecule has 1 rings (SSSR count). The number of nitrogens with zero attached hydrogens (tertiary/aromatic N) is 2. The van der Waals surface area contributed by atoms with Crippen LogP contribution in [-0.2, 0) is 4.79 Å². The molecule has 0 aliphatic heterocycles. The van der Waals surface area contributed by atoms with Crippen molar-refractivity contribution in [3.63, 3.8) is 0 Å². The summed E-state index contributed by atoms with van der Waals surface area (Å²) in [6.45, 7) is 1.93. The molecule has 2 amide bonds. The average molecular weight is 296 g/mol. The quantitative estimate of drug-likeness (QED) is 0.818. The van der Waals surface area contributed by atoms with E-state index in [0.717, 1.165) is 4.90 Å². The maximum Gasteiger partial charge on any atom is 0.406 e. The second-order valence-corrected chi connectivity index (χ2v) is 5.19. The molecule has 0 atom stereocenters. The highest BCUT2D eigenvalue weighted by molar-refractivity contribution is 5.76. The van der Waals surface area contributed by atoms with Crippen LogP contribution in [0.15, 0.2) is 0 Å². The fraction of sp³-hybridized carbons (Fsp3) is 0.833. The molecule has 0 aromatic rings. The molecule has 5 nitrogen and oxygen atoms in total. The monoisotopic (exact) mass is 296 g/mol. The number of carbonyl (C=O) groups excluding carboxylic acids is 1. The summed E-state index contributed by atoms with van der Waals surface area (Å²) in [7, 11) is 0. The normalized spacial score (nSPS) is 15.3. The van der Waals surface area contributed by atoms with E-state index in [1.165, 1.54) is 4.90 Å². The molecule has 0 unspecified atom stereocenters. The average Bonchev–Trinajstić information content (AvgIpc) is 3.07. The van der Waals surface area contributed by atoms with Gasteiger partial charge in [0.15, 0.2) is 0 Å². The van der Waals surface area contributed by atoms with E-state index >= 15 is 0 Å². The second kappa shape index (κ2) is 6.32. The highest BCUT2D eigenvalue weighted by Crippen LogP contribution is 2.31. The molecule has 1 aliphatic rings. The lowest BCUT2D eigenvalue weighted by molar-refractivity contribution is -0.143. The summed E-state index contributed by atoms with van der Waals surface area (Å²) in [5.74, 6) is -1.09. The molecule has 0 aromatic carbocycles. The van der Waals surface area contributed by atoms with Crippen LogP contribution in [0.1, 0.15) is 33.1 Å². The van der Waals surface area contributed by atoms with E-state index in [1.54, 1.807) is 13.8 Å². The summed E-state index contributed by atoms with van der Waals surface area (Å²) in [6, 6.07) is -1.47. The molecule has 116 valence electrons. The van der Waals surface area contributed by atoms with E-state index in [2.05, 4.69) is 0 Å². The number of carbonyl (C=O) groups is 2. The van der Waals surface area contributed by atoms with Crippen LogP contribution < -0.4 is 0 Å². The van der Waals surface area contributed by atoms with E-state index in [4.69, 9.17) is 5.11 Å². The Bertz CT molecular complexity index is 367. The molecule has 1 N–H and O–H groups in total. The number of urea groups is 1. The van der Waals surface area contributed by atoms with Crippen LogP contribution in [-0.4, -0.2) is 58.3 Å². The number of halogens is 3. The molecular weight excluding hydrogens is 277 g/mol. The fourth-order valence-electron chi connectivity index (χ4n) is 1.89. The maximum atomic E-state index is 12.5. The van der Waals surface area contributed by atoms with Crippen molar-refractivity contribution < 1.29 is 27.9 Å². The van der Waals surface area contributed by atoms with Crippen LogP contribution in [0, 0.1) is 0 Å². The smallest absolute Gasteiger partial charge is 0.406 e. The van der Waals surface area contributed by atoms with Gasteiger partial charge in [-0.05, 0) is 26.7 Å². The van der Waals surface area contributed by atoms with E-state index in [9.17, 15) is 22.8 Å². The summed E-state index contributed by atoms with van der Waals surface area (Å²) < 4.78 is 37.6. The molecule has 0 radical (unpaired) electrons. The first-order valence-electron chi connectivity index (χ1n) is 6.47. The van der Waals surface area contributed by atoms with Gasteiger partial charge in [0, 0.05) is 18.6 Å². The summed E-state index contributed by atoms with van der Waals surface area (Å²) in [4.78, 5) is 24.8. The molecular formula is C12H19F3N2O3. The number of amides is 2. The molecule has 0 saturated heterocycles. The van der Waals surface area contributed by atoms with Gasteiger partial charge in [0.1, 0.15) is 6.54 Å². The minimum absolute atomic E-state index is 0.0904. The van der Waals surface area contributed by atoms with Crippen LogP contribution in [0.3, 0.4) is 0 Å². The lowest BCUT2D eigenvalue weighted by atomic mass is 10.3. The lowest BCUT2D eigenvalue weighted by Crippen LogP contribution is -2.50. The van der Waals surface area contributed by atoms with Crippen molar-refractivity contribution >= 4 is 12.0 Å². The van der Waals surface area contributed by atoms with Gasteiger partial charge in [0.2, 0.25) is 0 Å². The molecule has 0 heterocycles. The van der Waals surface area contributed by atoms with Gasteiger partial charge in [0.05, 0.1) is 6.42 Å². The Kier molecular flexibility index (Phi) is 5.24. The molecule has 20 heavy (non-hydrogen) atoms. The summed E-state index contributed by atoms with van der Waals surface area (Å²) in [6.07, 6.45) is -3.61. The minimum Gasteiger partial charge on any atom is -0.481 e. The summed E-state index contributed by atoms with van der Waals surface area (Å²) in [5.41, 5.74) is 0. The Labute approximate surface area is 115 Å². The van der Waals surface area contributed by atoms with Crippen molar-refractivity contribution in [2.24, 2.45) is 0 Å². The van der Waals surface area contributed by atoms with Crippen molar-refractivity contribution in [2.45, 2.75) is 51.4 Å². The van der Waals surface area contributed by atoms with Crippen LogP contribution in [0.5, 0.6) is 0 Å². The Morgan fingerprint density at radius 2 is 1.85 bits per heavy atom. The molecule has 1 saturated carbocycles. The van der Waals surface area contributed by atoms with Gasteiger partial charge in [-0.1, -0.05) is 0 Å². The number of carboxylic acid groups (broad SMARTS) is 1. The standard InChI is InChI=1S/C12H19F3N2O3/c1-8(2)16(6-5-10(18)19)11(20)17(9-3-4-9)7-12(13,14)15/h8-9H,3-7H2,1-2H3,(H,18,19).